The summed E-state index contributed by atoms with van der Waals surface area (Å²) in [7, 11) is 4.22. The molecule has 0 amide bonds. The van der Waals surface area contributed by atoms with E-state index >= 15 is 0 Å². The topological polar surface area (TPSA) is 38.7 Å². The molecule has 1 saturated carbocycles. The SMILES string of the molecule is CC(C)CN(CCN(C)C)CC(C)(CO)NC1CC1. The van der Waals surface area contributed by atoms with Gasteiger partial charge in [0.1, 0.15) is 0 Å². The van der Waals surface area contributed by atoms with Crippen LogP contribution in [0.4, 0.5) is 0 Å². The Labute approximate surface area is 119 Å². The van der Waals surface area contributed by atoms with Gasteiger partial charge in [-0.1, -0.05) is 13.8 Å². The number of aliphatic hydroxyl groups is 1. The van der Waals surface area contributed by atoms with Crippen molar-refractivity contribution in [3.63, 3.8) is 0 Å². The predicted octanol–water partition coefficient (Wildman–Crippen LogP) is 1.01. The number of hydrogen-bond acceptors (Lipinski definition) is 4. The van der Waals surface area contributed by atoms with Crippen LogP contribution in [0.5, 0.6) is 0 Å². The number of rotatable bonds is 10. The molecule has 1 fully saturated rings. The average molecular weight is 271 g/mol. The molecular formula is C15H33N3O. The summed E-state index contributed by atoms with van der Waals surface area (Å²) in [5.74, 6) is 0.658. The van der Waals surface area contributed by atoms with Crippen molar-refractivity contribution in [1.29, 1.82) is 0 Å². The quantitative estimate of drug-likeness (QED) is 0.622. The number of aliphatic hydroxyl groups excluding tert-OH is 1. The maximum absolute atomic E-state index is 9.72. The van der Waals surface area contributed by atoms with Crippen molar-refractivity contribution >= 4 is 0 Å². The summed E-state index contributed by atoms with van der Waals surface area (Å²) < 4.78 is 0. The van der Waals surface area contributed by atoms with Crippen LogP contribution in [0.15, 0.2) is 0 Å². The maximum Gasteiger partial charge on any atom is 0.0623 e. The van der Waals surface area contributed by atoms with Crippen LogP contribution < -0.4 is 5.32 Å². The van der Waals surface area contributed by atoms with Gasteiger partial charge in [-0.3, -0.25) is 4.90 Å². The van der Waals surface area contributed by atoms with Crippen LogP contribution in [-0.4, -0.2) is 73.4 Å². The average Bonchev–Trinajstić information content (AvgIpc) is 3.09. The Kier molecular flexibility index (Phi) is 6.74. The van der Waals surface area contributed by atoms with E-state index in [1.165, 1.54) is 12.8 Å². The van der Waals surface area contributed by atoms with Gasteiger partial charge >= 0.3 is 0 Å². The van der Waals surface area contributed by atoms with E-state index < -0.39 is 0 Å². The summed E-state index contributed by atoms with van der Waals surface area (Å²) in [5.41, 5.74) is -0.164. The van der Waals surface area contributed by atoms with Crippen LogP contribution in [0.2, 0.25) is 0 Å². The zero-order valence-electron chi connectivity index (χ0n) is 13.4. The predicted molar refractivity (Wildman–Crippen MR) is 81.5 cm³/mol. The summed E-state index contributed by atoms with van der Waals surface area (Å²) in [6.07, 6.45) is 2.52. The lowest BCUT2D eigenvalue weighted by molar-refractivity contribution is 0.107. The number of hydrogen-bond donors (Lipinski definition) is 2. The molecule has 0 saturated heterocycles. The Balaban J connectivity index is 2.51. The first kappa shape index (κ1) is 16.9. The number of likely N-dealkylation sites (N-methyl/N-ethyl adjacent to an activating group) is 1. The van der Waals surface area contributed by atoms with E-state index in [1.54, 1.807) is 0 Å². The van der Waals surface area contributed by atoms with E-state index in [2.05, 4.69) is 50.0 Å². The van der Waals surface area contributed by atoms with Crippen molar-refractivity contribution in [2.75, 3.05) is 46.9 Å². The monoisotopic (exact) mass is 271 g/mol. The van der Waals surface area contributed by atoms with Crippen LogP contribution >= 0.6 is 0 Å². The Morgan fingerprint density at radius 3 is 2.32 bits per heavy atom. The normalized spacial score (nSPS) is 19.4. The van der Waals surface area contributed by atoms with Gasteiger partial charge in [0.05, 0.1) is 12.1 Å². The van der Waals surface area contributed by atoms with Gasteiger partial charge in [0.2, 0.25) is 0 Å². The van der Waals surface area contributed by atoms with Gasteiger partial charge in [-0.05, 0) is 39.8 Å². The molecule has 1 atom stereocenters. The highest BCUT2D eigenvalue weighted by Gasteiger charge is 2.33. The van der Waals surface area contributed by atoms with Gasteiger partial charge in [0.25, 0.3) is 0 Å². The highest BCUT2D eigenvalue weighted by atomic mass is 16.3. The minimum absolute atomic E-state index is 0.164. The Hall–Kier alpha value is -0.160. The highest BCUT2D eigenvalue weighted by Crippen LogP contribution is 2.23. The van der Waals surface area contributed by atoms with E-state index in [1.807, 2.05) is 0 Å². The minimum Gasteiger partial charge on any atom is -0.394 e. The van der Waals surface area contributed by atoms with Crippen molar-refractivity contribution in [3.8, 4) is 0 Å². The molecule has 0 aliphatic heterocycles. The summed E-state index contributed by atoms with van der Waals surface area (Å²) in [6.45, 7) is 11.0. The minimum atomic E-state index is -0.164. The van der Waals surface area contributed by atoms with Gasteiger partial charge in [0, 0.05) is 32.2 Å². The lowest BCUT2D eigenvalue weighted by atomic mass is 10.0. The fraction of sp³-hybridized carbons (Fsp3) is 1.00. The molecule has 0 spiro atoms. The molecule has 4 nitrogen and oxygen atoms in total. The van der Waals surface area contributed by atoms with Crippen molar-refractivity contribution in [2.24, 2.45) is 5.92 Å². The van der Waals surface area contributed by atoms with Gasteiger partial charge in [-0.15, -0.1) is 0 Å². The Morgan fingerprint density at radius 2 is 1.89 bits per heavy atom. The fourth-order valence-corrected chi connectivity index (χ4v) is 2.45. The first-order valence-electron chi connectivity index (χ1n) is 7.60. The summed E-state index contributed by atoms with van der Waals surface area (Å²) >= 11 is 0. The summed E-state index contributed by atoms with van der Waals surface area (Å²) in [5, 5.41) is 13.3. The smallest absolute Gasteiger partial charge is 0.0623 e. The lowest BCUT2D eigenvalue weighted by Crippen LogP contribution is -2.56. The largest absolute Gasteiger partial charge is 0.394 e. The molecule has 0 radical (unpaired) electrons. The van der Waals surface area contributed by atoms with Crippen LogP contribution in [0, 0.1) is 5.92 Å². The number of nitrogens with zero attached hydrogens (tertiary/aromatic N) is 2. The maximum atomic E-state index is 9.72. The standard InChI is InChI=1S/C15H33N3O/c1-13(2)10-18(9-8-17(4)5)11-15(3,12-19)16-14-6-7-14/h13-14,16,19H,6-12H2,1-5H3. The van der Waals surface area contributed by atoms with E-state index in [0.29, 0.717) is 12.0 Å². The molecule has 2 N–H and O–H groups in total. The van der Waals surface area contributed by atoms with E-state index in [-0.39, 0.29) is 12.1 Å². The van der Waals surface area contributed by atoms with Crippen LogP contribution in [0.3, 0.4) is 0 Å². The highest BCUT2D eigenvalue weighted by molar-refractivity contribution is 4.94. The van der Waals surface area contributed by atoms with Gasteiger partial charge in [0.15, 0.2) is 0 Å². The van der Waals surface area contributed by atoms with Gasteiger partial charge in [-0.25, -0.2) is 0 Å². The second-order valence-corrected chi connectivity index (χ2v) is 7.07. The van der Waals surface area contributed by atoms with Crippen molar-refractivity contribution in [1.82, 2.24) is 15.1 Å². The first-order valence-corrected chi connectivity index (χ1v) is 7.60. The van der Waals surface area contributed by atoms with Crippen LogP contribution in [0.1, 0.15) is 33.6 Å². The zero-order chi connectivity index (χ0) is 14.5. The molecule has 0 aromatic carbocycles. The Bertz CT molecular complexity index is 254. The fourth-order valence-electron chi connectivity index (χ4n) is 2.45. The second kappa shape index (κ2) is 7.58. The molecule has 1 rings (SSSR count). The molecule has 0 bridgehead atoms. The van der Waals surface area contributed by atoms with E-state index in [9.17, 15) is 5.11 Å². The molecule has 19 heavy (non-hydrogen) atoms. The van der Waals surface area contributed by atoms with Crippen LogP contribution in [0.25, 0.3) is 0 Å². The zero-order valence-corrected chi connectivity index (χ0v) is 13.4. The Morgan fingerprint density at radius 1 is 1.26 bits per heavy atom. The molecule has 0 heterocycles. The summed E-state index contributed by atoms with van der Waals surface area (Å²) in [4.78, 5) is 4.70. The molecule has 1 aliphatic rings. The molecule has 114 valence electrons. The van der Waals surface area contributed by atoms with Gasteiger partial charge in [-0.2, -0.15) is 0 Å². The van der Waals surface area contributed by atoms with E-state index in [0.717, 1.165) is 26.2 Å². The third kappa shape index (κ3) is 7.25. The van der Waals surface area contributed by atoms with Crippen molar-refractivity contribution in [3.05, 3.63) is 0 Å². The summed E-state index contributed by atoms with van der Waals surface area (Å²) in [6, 6.07) is 0.631. The van der Waals surface area contributed by atoms with Crippen molar-refractivity contribution in [2.45, 2.75) is 45.2 Å². The molecule has 1 aliphatic carbocycles. The molecular weight excluding hydrogens is 238 g/mol. The lowest BCUT2D eigenvalue weighted by Gasteiger charge is -2.36. The second-order valence-electron chi connectivity index (χ2n) is 7.07. The third-order valence-electron chi connectivity index (χ3n) is 3.54. The molecule has 0 aromatic heterocycles. The third-order valence-corrected chi connectivity index (χ3v) is 3.54. The van der Waals surface area contributed by atoms with Gasteiger partial charge < -0.3 is 15.3 Å². The van der Waals surface area contributed by atoms with Crippen LogP contribution in [-0.2, 0) is 0 Å². The van der Waals surface area contributed by atoms with E-state index in [4.69, 9.17) is 0 Å². The molecule has 0 aromatic rings. The first-order chi connectivity index (χ1) is 8.84. The number of nitrogens with one attached hydrogen (secondary N) is 1. The molecule has 4 heteroatoms. The molecule has 1 unspecified atom stereocenters. The van der Waals surface area contributed by atoms with Crippen molar-refractivity contribution < 1.29 is 5.11 Å².